The Morgan fingerprint density at radius 2 is 2.00 bits per heavy atom. The monoisotopic (exact) mass is 397 g/mol. The molecule has 0 aromatic carbocycles. The Bertz CT molecular complexity index is 913. The van der Waals surface area contributed by atoms with Crippen molar-refractivity contribution >= 4 is 26.6 Å². The first-order valence-electron chi connectivity index (χ1n) is 9.39. The number of alkyl halides is 2. The number of hydrogen-bond acceptors (Lipinski definition) is 5. The topological polar surface area (TPSA) is 85.7 Å². The SMILES string of the molecule is CN(c1ncnc2[nH]ccc12)C1CCC(CS(=N)(=O)C2CC(F)(F)C2)CC1. The Morgan fingerprint density at radius 3 is 2.67 bits per heavy atom. The molecule has 6 nitrogen and oxygen atoms in total. The van der Waals surface area contributed by atoms with Gasteiger partial charge in [-0.3, -0.25) is 4.78 Å². The molecule has 27 heavy (non-hydrogen) atoms. The van der Waals surface area contributed by atoms with Gasteiger partial charge in [-0.1, -0.05) is 0 Å². The van der Waals surface area contributed by atoms with Crippen LogP contribution in [0.3, 0.4) is 0 Å². The largest absolute Gasteiger partial charge is 0.356 e. The number of hydrogen-bond donors (Lipinski definition) is 2. The van der Waals surface area contributed by atoms with Gasteiger partial charge in [0.15, 0.2) is 0 Å². The fourth-order valence-corrected chi connectivity index (χ4v) is 6.71. The van der Waals surface area contributed by atoms with E-state index in [0.717, 1.165) is 42.5 Å². The molecule has 4 rings (SSSR count). The summed E-state index contributed by atoms with van der Waals surface area (Å²) in [7, 11) is -0.892. The van der Waals surface area contributed by atoms with Gasteiger partial charge in [0, 0.05) is 47.6 Å². The van der Waals surface area contributed by atoms with Crippen molar-refractivity contribution < 1.29 is 13.0 Å². The lowest BCUT2D eigenvalue weighted by Gasteiger charge is -2.39. The Kier molecular flexibility index (Phi) is 4.60. The van der Waals surface area contributed by atoms with Gasteiger partial charge in [-0.2, -0.15) is 0 Å². The highest BCUT2D eigenvalue weighted by atomic mass is 32.2. The van der Waals surface area contributed by atoms with Crippen LogP contribution < -0.4 is 4.90 Å². The first-order valence-corrected chi connectivity index (χ1v) is 11.2. The summed E-state index contributed by atoms with van der Waals surface area (Å²) >= 11 is 0. The zero-order valence-electron chi connectivity index (χ0n) is 15.3. The molecule has 1 unspecified atom stereocenters. The van der Waals surface area contributed by atoms with Crippen LogP contribution in [0.2, 0.25) is 0 Å². The molecule has 0 amide bonds. The predicted octanol–water partition coefficient (Wildman–Crippen LogP) is 3.80. The summed E-state index contributed by atoms with van der Waals surface area (Å²) in [5.74, 6) is -1.37. The highest BCUT2D eigenvalue weighted by Crippen LogP contribution is 2.43. The molecule has 148 valence electrons. The minimum atomic E-state index is -2.92. The third-order valence-corrected chi connectivity index (χ3v) is 8.48. The van der Waals surface area contributed by atoms with E-state index in [4.69, 9.17) is 4.78 Å². The number of aromatic nitrogens is 3. The molecular formula is C18H25F2N5OS. The summed E-state index contributed by atoms with van der Waals surface area (Å²) in [6, 6.07) is 2.29. The van der Waals surface area contributed by atoms with Gasteiger partial charge in [0.25, 0.3) is 5.92 Å². The Balaban J connectivity index is 1.36. The Labute approximate surface area is 157 Å². The average Bonchev–Trinajstić information content (AvgIpc) is 3.08. The van der Waals surface area contributed by atoms with Crippen molar-refractivity contribution in [3.8, 4) is 0 Å². The van der Waals surface area contributed by atoms with Gasteiger partial charge in [0.1, 0.15) is 17.8 Å². The van der Waals surface area contributed by atoms with Crippen molar-refractivity contribution in [1.82, 2.24) is 15.0 Å². The second-order valence-corrected chi connectivity index (χ2v) is 10.5. The van der Waals surface area contributed by atoms with E-state index in [-0.39, 0.29) is 24.5 Å². The fraction of sp³-hybridized carbons (Fsp3) is 0.667. The number of halogens is 2. The Morgan fingerprint density at radius 1 is 1.30 bits per heavy atom. The molecule has 2 fully saturated rings. The maximum atomic E-state index is 13.1. The van der Waals surface area contributed by atoms with Gasteiger partial charge < -0.3 is 9.88 Å². The standard InChI is InChI=1S/C18H25F2N5OS/c1-25(17-15-6-7-22-16(15)23-11-24-17)13-4-2-12(3-5-13)10-27(21,26)14-8-18(19,20)9-14/h6-7,11-14,21H,2-5,8-10H2,1H3,(H,22,23,24). The van der Waals surface area contributed by atoms with Crippen molar-refractivity contribution in [2.45, 2.75) is 55.7 Å². The van der Waals surface area contributed by atoms with Crippen LogP contribution in [0.1, 0.15) is 38.5 Å². The van der Waals surface area contributed by atoms with Gasteiger partial charge in [-0.25, -0.2) is 23.0 Å². The number of nitrogens with zero attached hydrogens (tertiary/aromatic N) is 3. The maximum Gasteiger partial charge on any atom is 0.250 e. The second kappa shape index (κ2) is 6.68. The van der Waals surface area contributed by atoms with Gasteiger partial charge in [-0.05, 0) is 37.7 Å². The zero-order chi connectivity index (χ0) is 19.2. The molecule has 2 saturated carbocycles. The number of nitrogens with one attached hydrogen (secondary N) is 2. The first kappa shape index (κ1) is 18.6. The van der Waals surface area contributed by atoms with Gasteiger partial charge >= 0.3 is 0 Å². The number of H-pyrrole nitrogens is 1. The first-order chi connectivity index (χ1) is 12.8. The van der Waals surface area contributed by atoms with E-state index < -0.39 is 20.9 Å². The van der Waals surface area contributed by atoms with Gasteiger partial charge in [0.05, 0.1) is 10.6 Å². The van der Waals surface area contributed by atoms with Crippen LogP contribution >= 0.6 is 0 Å². The summed E-state index contributed by atoms with van der Waals surface area (Å²) in [5.41, 5.74) is 0.812. The smallest absolute Gasteiger partial charge is 0.250 e. The minimum Gasteiger partial charge on any atom is -0.356 e. The van der Waals surface area contributed by atoms with E-state index in [2.05, 4.69) is 19.9 Å². The van der Waals surface area contributed by atoms with Crippen molar-refractivity contribution in [2.24, 2.45) is 5.92 Å². The molecule has 2 N–H and O–H groups in total. The summed E-state index contributed by atoms with van der Waals surface area (Å²) in [5, 5.41) is 0.359. The minimum absolute atomic E-state index is 0.187. The van der Waals surface area contributed by atoms with Crippen LogP contribution in [-0.4, -0.2) is 49.2 Å². The van der Waals surface area contributed by atoms with Gasteiger partial charge in [0.2, 0.25) is 0 Å². The lowest BCUT2D eigenvalue weighted by atomic mass is 9.86. The number of fused-ring (bicyclic) bond motifs is 1. The summed E-state index contributed by atoms with van der Waals surface area (Å²) in [4.78, 5) is 13.9. The van der Waals surface area contributed by atoms with E-state index >= 15 is 0 Å². The number of rotatable bonds is 5. The maximum absolute atomic E-state index is 13.1. The van der Waals surface area contributed by atoms with E-state index in [1.54, 1.807) is 6.33 Å². The Hall–Kier alpha value is -1.77. The van der Waals surface area contributed by atoms with E-state index in [1.165, 1.54) is 0 Å². The molecular weight excluding hydrogens is 372 g/mol. The zero-order valence-corrected chi connectivity index (χ0v) is 16.1. The van der Waals surface area contributed by atoms with Crippen LogP contribution in [0.5, 0.6) is 0 Å². The molecule has 2 aromatic rings. The molecule has 0 saturated heterocycles. The third kappa shape index (κ3) is 3.66. The van der Waals surface area contributed by atoms with Crippen LogP contribution in [0, 0.1) is 10.7 Å². The molecule has 1 atom stereocenters. The normalized spacial score (nSPS) is 27.8. The highest BCUT2D eigenvalue weighted by Gasteiger charge is 2.50. The molecule has 0 radical (unpaired) electrons. The quantitative estimate of drug-likeness (QED) is 0.804. The molecule has 2 aromatic heterocycles. The molecule has 0 aliphatic heterocycles. The summed E-state index contributed by atoms with van der Waals surface area (Å²) in [6.07, 6.45) is 6.23. The summed E-state index contributed by atoms with van der Waals surface area (Å²) in [6.45, 7) is 0. The lowest BCUT2D eigenvalue weighted by Crippen LogP contribution is -2.46. The molecule has 0 spiro atoms. The number of aromatic amines is 1. The van der Waals surface area contributed by atoms with E-state index in [0.29, 0.717) is 6.04 Å². The van der Waals surface area contributed by atoms with Crippen molar-refractivity contribution in [3.63, 3.8) is 0 Å². The van der Waals surface area contributed by atoms with Crippen molar-refractivity contribution in [3.05, 3.63) is 18.6 Å². The molecule has 9 heteroatoms. The molecule has 2 aliphatic rings. The van der Waals surface area contributed by atoms with Crippen LogP contribution in [0.25, 0.3) is 11.0 Å². The highest BCUT2D eigenvalue weighted by molar-refractivity contribution is 7.93. The van der Waals surface area contributed by atoms with E-state index in [9.17, 15) is 13.0 Å². The molecule has 0 bridgehead atoms. The fourth-order valence-electron chi connectivity index (χ4n) is 4.37. The third-order valence-electron chi connectivity index (χ3n) is 6.11. The second-order valence-electron chi connectivity index (χ2n) is 8.00. The van der Waals surface area contributed by atoms with Gasteiger partial charge in [-0.15, -0.1) is 0 Å². The average molecular weight is 397 g/mol. The van der Waals surface area contributed by atoms with E-state index in [1.807, 2.05) is 19.3 Å². The van der Waals surface area contributed by atoms with Crippen LogP contribution in [0.15, 0.2) is 18.6 Å². The van der Waals surface area contributed by atoms with Crippen LogP contribution in [0.4, 0.5) is 14.6 Å². The molecule has 2 aliphatic carbocycles. The predicted molar refractivity (Wildman–Crippen MR) is 102 cm³/mol. The van der Waals surface area contributed by atoms with Crippen molar-refractivity contribution in [1.29, 1.82) is 4.78 Å². The summed E-state index contributed by atoms with van der Waals surface area (Å²) < 4.78 is 46.8. The lowest BCUT2D eigenvalue weighted by molar-refractivity contribution is -0.0681. The number of anilines is 1. The van der Waals surface area contributed by atoms with Crippen molar-refractivity contribution in [2.75, 3.05) is 17.7 Å². The molecule has 2 heterocycles. The van der Waals surface area contributed by atoms with Crippen LogP contribution in [-0.2, 0) is 9.73 Å².